The van der Waals surface area contributed by atoms with Gasteiger partial charge < -0.3 is 14.3 Å². The molecule has 0 aliphatic heterocycles. The Hall–Kier alpha value is -1.56. The number of carboxylic acid groups (broad SMARTS) is 1. The zero-order valence-electron chi connectivity index (χ0n) is 15.1. The van der Waals surface area contributed by atoms with Gasteiger partial charge in [-0.3, -0.25) is 14.9 Å². The molecular weight excluding hydrogens is 417 g/mol. The zero-order valence-corrected chi connectivity index (χ0v) is 19.0. The quantitative estimate of drug-likeness (QED) is 0.375. The summed E-state index contributed by atoms with van der Waals surface area (Å²) in [5, 5.41) is 26.1. The number of nitrogens with one attached hydrogen (secondary N) is 1. The molecule has 1 aromatic carbocycles. The van der Waals surface area contributed by atoms with Crippen LogP contribution in [0.5, 0.6) is 0 Å². The summed E-state index contributed by atoms with van der Waals surface area (Å²) in [7, 11) is 0. The molecule has 0 spiro atoms. The summed E-state index contributed by atoms with van der Waals surface area (Å²) in [4.78, 5) is 33.7. The molecular formula is C17H13ClKN3O6. The van der Waals surface area contributed by atoms with Crippen molar-refractivity contribution < 1.29 is 75.4 Å². The average molecular weight is 430 g/mol. The van der Waals surface area contributed by atoms with Crippen molar-refractivity contribution in [2.45, 2.75) is 26.2 Å². The van der Waals surface area contributed by atoms with E-state index in [1.165, 1.54) is 12.1 Å². The number of nitro benzene ring substituents is 1. The Morgan fingerprint density at radius 1 is 1.32 bits per heavy atom. The molecule has 0 saturated heterocycles. The van der Waals surface area contributed by atoms with Gasteiger partial charge in [0.2, 0.25) is 0 Å². The Kier molecular flexibility index (Phi) is 7.54. The number of carbonyl (C=O) groups is 2. The van der Waals surface area contributed by atoms with Crippen molar-refractivity contribution >= 4 is 34.9 Å². The molecule has 1 aliphatic rings. The molecule has 0 unspecified atom stereocenters. The number of fused-ring (bicyclic) bond motifs is 1. The number of benzene rings is 1. The summed E-state index contributed by atoms with van der Waals surface area (Å²) in [5.74, 6) is -1.85. The average Bonchev–Trinajstić information content (AvgIpc) is 2.97. The van der Waals surface area contributed by atoms with Crippen LogP contribution in [-0.2, 0) is 6.42 Å². The number of aryl methyl sites for hydroxylation is 1. The van der Waals surface area contributed by atoms with Crippen molar-refractivity contribution in [3.63, 3.8) is 0 Å². The van der Waals surface area contributed by atoms with Gasteiger partial charge in [0.15, 0.2) is 5.76 Å². The van der Waals surface area contributed by atoms with Crippen molar-refractivity contribution in [3.05, 3.63) is 61.5 Å². The van der Waals surface area contributed by atoms with Crippen molar-refractivity contribution in [3.8, 4) is 0 Å². The van der Waals surface area contributed by atoms with Gasteiger partial charge in [0, 0.05) is 29.2 Å². The molecule has 3 rings (SSSR count). The maximum Gasteiger partial charge on any atom is 1.00 e. The largest absolute Gasteiger partial charge is 1.00 e. The van der Waals surface area contributed by atoms with Crippen LogP contribution in [0.15, 0.2) is 27.7 Å². The van der Waals surface area contributed by atoms with Crippen LogP contribution in [-0.4, -0.2) is 22.5 Å². The SMILES string of the molecule is Cc1c(C(=O)[O-])oc2c1/C(=N/NC(=O)c1ccc(Cl)c([N+](=O)[O-])c1)CCC2.[K+]. The van der Waals surface area contributed by atoms with Gasteiger partial charge in [-0.2, -0.15) is 5.10 Å². The van der Waals surface area contributed by atoms with Crippen molar-refractivity contribution in [1.82, 2.24) is 5.43 Å². The van der Waals surface area contributed by atoms with Crippen molar-refractivity contribution in [2.75, 3.05) is 0 Å². The number of hydrogen-bond donors (Lipinski definition) is 1. The Balaban J connectivity index is 0.00000280. The fourth-order valence-corrected chi connectivity index (χ4v) is 3.14. The van der Waals surface area contributed by atoms with Crippen LogP contribution in [0, 0.1) is 17.0 Å². The number of nitro groups is 1. The fourth-order valence-electron chi connectivity index (χ4n) is 2.95. The normalized spacial score (nSPS) is 14.1. The van der Waals surface area contributed by atoms with Gasteiger partial charge in [0.05, 0.1) is 10.6 Å². The Bertz CT molecular complexity index is 1000. The fraction of sp³-hybridized carbons (Fsp3) is 0.235. The van der Waals surface area contributed by atoms with Crippen LogP contribution < -0.4 is 61.9 Å². The minimum Gasteiger partial charge on any atom is -0.542 e. The molecule has 1 N–H and O–H groups in total. The molecule has 1 aromatic heterocycles. The van der Waals surface area contributed by atoms with E-state index in [0.29, 0.717) is 41.9 Å². The van der Waals surface area contributed by atoms with Crippen LogP contribution in [0.3, 0.4) is 0 Å². The van der Waals surface area contributed by atoms with Crippen LogP contribution in [0.1, 0.15) is 50.6 Å². The molecule has 11 heteroatoms. The molecule has 2 aromatic rings. The summed E-state index contributed by atoms with van der Waals surface area (Å²) >= 11 is 5.73. The first-order chi connectivity index (χ1) is 12.8. The van der Waals surface area contributed by atoms with Gasteiger partial charge >= 0.3 is 51.4 Å². The van der Waals surface area contributed by atoms with Crippen LogP contribution in [0.25, 0.3) is 0 Å². The number of nitrogens with zero attached hydrogens (tertiary/aromatic N) is 2. The molecule has 140 valence electrons. The predicted octanol–water partition coefficient (Wildman–Crippen LogP) is -1.01. The molecule has 0 fully saturated rings. The van der Waals surface area contributed by atoms with E-state index in [-0.39, 0.29) is 73.4 Å². The molecule has 0 bridgehead atoms. The minimum atomic E-state index is -1.42. The van der Waals surface area contributed by atoms with Gasteiger partial charge in [0.1, 0.15) is 16.8 Å². The molecule has 1 heterocycles. The molecule has 9 nitrogen and oxygen atoms in total. The first kappa shape index (κ1) is 22.7. The smallest absolute Gasteiger partial charge is 0.542 e. The summed E-state index contributed by atoms with van der Waals surface area (Å²) < 4.78 is 5.33. The van der Waals surface area contributed by atoms with Gasteiger partial charge in [-0.1, -0.05) is 11.6 Å². The number of carbonyl (C=O) groups excluding carboxylic acids is 2. The summed E-state index contributed by atoms with van der Waals surface area (Å²) in [6, 6.07) is 3.66. The summed E-state index contributed by atoms with van der Waals surface area (Å²) in [6.45, 7) is 1.58. The minimum absolute atomic E-state index is 0. The van der Waals surface area contributed by atoms with Gasteiger partial charge in [-0.25, -0.2) is 5.43 Å². The third-order valence-corrected chi connectivity index (χ3v) is 4.53. The number of rotatable bonds is 4. The number of hydrogen-bond acceptors (Lipinski definition) is 7. The predicted molar refractivity (Wildman–Crippen MR) is 92.8 cm³/mol. The van der Waals surface area contributed by atoms with Gasteiger partial charge in [0.25, 0.3) is 11.6 Å². The standard InChI is InChI=1S/C17H14ClN3O6.K/c1-8-14-11(3-2-4-13(14)27-15(8)17(23)24)19-20-16(22)9-5-6-10(18)12(7-9)21(25)26;/h5-7H,2-4H2,1H3,(H,20,22)(H,23,24);/q;+1/p-1/b19-11+;. The number of amides is 1. The second kappa shape index (κ2) is 9.29. The van der Waals surface area contributed by atoms with Crippen molar-refractivity contribution in [2.24, 2.45) is 5.10 Å². The van der Waals surface area contributed by atoms with Crippen LogP contribution in [0.2, 0.25) is 5.02 Å². The molecule has 0 saturated carbocycles. The van der Waals surface area contributed by atoms with Gasteiger partial charge in [-0.05, 0) is 31.9 Å². The Labute approximate surface area is 206 Å². The van der Waals surface area contributed by atoms with Crippen molar-refractivity contribution in [1.29, 1.82) is 0 Å². The van der Waals surface area contributed by atoms with Crippen LogP contribution >= 0.6 is 11.6 Å². The first-order valence-electron chi connectivity index (χ1n) is 7.94. The number of furan rings is 1. The molecule has 0 atom stereocenters. The van der Waals surface area contributed by atoms with E-state index >= 15 is 0 Å². The van der Waals surface area contributed by atoms with E-state index in [0.717, 1.165) is 6.07 Å². The number of aromatic carboxylic acids is 1. The monoisotopic (exact) mass is 429 g/mol. The van der Waals surface area contributed by atoms with E-state index in [1.807, 2.05) is 0 Å². The molecule has 0 radical (unpaired) electrons. The molecule has 1 aliphatic carbocycles. The molecule has 1 amide bonds. The second-order valence-electron chi connectivity index (χ2n) is 5.92. The Morgan fingerprint density at radius 3 is 2.68 bits per heavy atom. The number of hydrazone groups is 1. The molecule has 28 heavy (non-hydrogen) atoms. The summed E-state index contributed by atoms with van der Waals surface area (Å²) in [5.41, 5.74) is 3.38. The Morgan fingerprint density at radius 2 is 2.04 bits per heavy atom. The second-order valence-corrected chi connectivity index (χ2v) is 6.33. The number of halogens is 1. The first-order valence-corrected chi connectivity index (χ1v) is 8.32. The summed E-state index contributed by atoms with van der Waals surface area (Å²) in [6.07, 6.45) is 1.74. The van der Waals surface area contributed by atoms with E-state index in [4.69, 9.17) is 16.0 Å². The third-order valence-electron chi connectivity index (χ3n) is 4.21. The topological polar surface area (TPSA) is 138 Å². The van der Waals surface area contributed by atoms with Gasteiger partial charge in [-0.15, -0.1) is 0 Å². The maximum absolute atomic E-state index is 12.3. The third kappa shape index (κ3) is 4.53. The zero-order chi connectivity index (χ0) is 19.7. The maximum atomic E-state index is 12.3. The van der Waals surface area contributed by atoms with E-state index in [1.54, 1.807) is 6.92 Å². The van der Waals surface area contributed by atoms with E-state index < -0.39 is 16.8 Å². The van der Waals surface area contributed by atoms with Crippen LogP contribution in [0.4, 0.5) is 5.69 Å². The van der Waals surface area contributed by atoms with E-state index in [2.05, 4.69) is 10.5 Å². The van der Waals surface area contributed by atoms with E-state index in [9.17, 15) is 24.8 Å². The number of carboxylic acids is 1.